The standard InChI is InChI=1S/C13H15F3N2O/c1-7-18-13(2,12(16)11(6-14)19-7)9-5-8(17)3-4-10(9)15/h3-5,11-12H,6,17H2,1-2H3/t11-,12+,13-/m1/s1. The van der Waals surface area contributed by atoms with Crippen LogP contribution in [-0.2, 0) is 10.3 Å². The average Bonchev–Trinajstić information content (AvgIpc) is 2.36. The van der Waals surface area contributed by atoms with Crippen LogP contribution in [0.3, 0.4) is 0 Å². The molecule has 1 aromatic carbocycles. The van der Waals surface area contributed by atoms with Gasteiger partial charge >= 0.3 is 0 Å². The molecule has 0 amide bonds. The van der Waals surface area contributed by atoms with Gasteiger partial charge in [0.25, 0.3) is 0 Å². The molecule has 1 aromatic rings. The lowest BCUT2D eigenvalue weighted by Gasteiger charge is -2.38. The Hall–Kier alpha value is -1.72. The summed E-state index contributed by atoms with van der Waals surface area (Å²) in [6.07, 6.45) is -3.08. The minimum Gasteiger partial charge on any atom is -0.472 e. The molecule has 0 spiro atoms. The monoisotopic (exact) mass is 272 g/mol. The first-order valence-electron chi connectivity index (χ1n) is 5.87. The first kappa shape index (κ1) is 13.7. The van der Waals surface area contributed by atoms with E-state index in [0.29, 0.717) is 5.69 Å². The largest absolute Gasteiger partial charge is 0.472 e. The van der Waals surface area contributed by atoms with Gasteiger partial charge in [-0.05, 0) is 25.1 Å². The highest BCUT2D eigenvalue weighted by molar-refractivity contribution is 5.75. The summed E-state index contributed by atoms with van der Waals surface area (Å²) < 4.78 is 46.1. The van der Waals surface area contributed by atoms with Gasteiger partial charge in [0.2, 0.25) is 0 Å². The normalized spacial score (nSPS) is 30.7. The van der Waals surface area contributed by atoms with Gasteiger partial charge in [0.05, 0.1) is 0 Å². The summed E-state index contributed by atoms with van der Waals surface area (Å²) in [6, 6.07) is 3.84. The van der Waals surface area contributed by atoms with E-state index in [0.717, 1.165) is 6.07 Å². The summed E-state index contributed by atoms with van der Waals surface area (Å²) in [5.41, 5.74) is 4.35. The van der Waals surface area contributed by atoms with Gasteiger partial charge in [-0.1, -0.05) is 0 Å². The third-order valence-electron chi connectivity index (χ3n) is 3.26. The number of benzene rings is 1. The Morgan fingerprint density at radius 3 is 2.79 bits per heavy atom. The average molecular weight is 272 g/mol. The zero-order chi connectivity index (χ0) is 14.2. The molecule has 1 heterocycles. The predicted octanol–water partition coefficient (Wildman–Crippen LogP) is 2.75. The highest BCUT2D eigenvalue weighted by Gasteiger charge is 2.47. The van der Waals surface area contributed by atoms with Gasteiger partial charge in [-0.25, -0.2) is 18.2 Å². The lowest BCUT2D eigenvalue weighted by molar-refractivity contribution is 0.00534. The molecule has 0 saturated carbocycles. The number of hydrogen-bond donors (Lipinski definition) is 1. The molecular formula is C13H15F3N2O. The third-order valence-corrected chi connectivity index (χ3v) is 3.26. The van der Waals surface area contributed by atoms with E-state index in [1.54, 1.807) is 0 Å². The van der Waals surface area contributed by atoms with Crippen molar-refractivity contribution in [2.24, 2.45) is 4.99 Å². The molecule has 0 unspecified atom stereocenters. The van der Waals surface area contributed by atoms with Crippen molar-refractivity contribution in [3.05, 3.63) is 29.6 Å². The Balaban J connectivity index is 2.56. The van der Waals surface area contributed by atoms with Gasteiger partial charge in [-0.15, -0.1) is 0 Å². The molecule has 3 atom stereocenters. The van der Waals surface area contributed by atoms with Crippen LogP contribution in [0.1, 0.15) is 19.4 Å². The summed E-state index contributed by atoms with van der Waals surface area (Å²) in [7, 11) is 0. The number of ether oxygens (including phenoxy) is 1. The van der Waals surface area contributed by atoms with Crippen molar-refractivity contribution in [2.75, 3.05) is 12.4 Å². The quantitative estimate of drug-likeness (QED) is 0.841. The number of halogens is 3. The molecule has 3 nitrogen and oxygen atoms in total. The summed E-state index contributed by atoms with van der Waals surface area (Å²) in [4.78, 5) is 4.02. The molecule has 0 radical (unpaired) electrons. The molecule has 2 N–H and O–H groups in total. The van der Waals surface area contributed by atoms with Crippen LogP contribution >= 0.6 is 0 Å². The van der Waals surface area contributed by atoms with Crippen molar-refractivity contribution >= 4 is 11.6 Å². The molecule has 0 fully saturated rings. The number of anilines is 1. The summed E-state index contributed by atoms with van der Waals surface area (Å²) >= 11 is 0. The fraction of sp³-hybridized carbons (Fsp3) is 0.462. The molecule has 104 valence electrons. The molecule has 0 saturated heterocycles. The zero-order valence-electron chi connectivity index (χ0n) is 10.7. The number of aliphatic imine (C=N–C) groups is 1. The molecule has 0 aromatic heterocycles. The van der Waals surface area contributed by atoms with E-state index in [4.69, 9.17) is 10.5 Å². The van der Waals surface area contributed by atoms with Crippen molar-refractivity contribution < 1.29 is 17.9 Å². The van der Waals surface area contributed by atoms with Gasteiger partial charge in [-0.3, -0.25) is 0 Å². The van der Waals surface area contributed by atoms with Crippen LogP contribution in [-0.4, -0.2) is 24.8 Å². The van der Waals surface area contributed by atoms with Gasteiger partial charge in [-0.2, -0.15) is 0 Å². The van der Waals surface area contributed by atoms with Crippen molar-refractivity contribution in [2.45, 2.75) is 31.7 Å². The Kier molecular flexibility index (Phi) is 3.43. The summed E-state index contributed by atoms with van der Waals surface area (Å²) in [5.74, 6) is -0.503. The SMILES string of the molecule is CC1=N[C@](C)(c2cc(N)ccc2F)[C@@H](F)[C@@H](CF)O1. The van der Waals surface area contributed by atoms with Crippen LogP contribution in [0.25, 0.3) is 0 Å². The summed E-state index contributed by atoms with van der Waals surface area (Å²) in [6.45, 7) is 1.88. The number of nitrogens with zero attached hydrogens (tertiary/aromatic N) is 1. The van der Waals surface area contributed by atoms with E-state index in [1.807, 2.05) is 0 Å². The maximum absolute atomic E-state index is 14.4. The lowest BCUT2D eigenvalue weighted by atomic mass is 9.84. The zero-order valence-corrected chi connectivity index (χ0v) is 10.7. The van der Waals surface area contributed by atoms with Gasteiger partial charge in [0.15, 0.2) is 18.2 Å². The van der Waals surface area contributed by atoms with Gasteiger partial charge < -0.3 is 10.5 Å². The smallest absolute Gasteiger partial charge is 0.181 e. The molecule has 6 heteroatoms. The van der Waals surface area contributed by atoms with Crippen LogP contribution in [0.4, 0.5) is 18.9 Å². The van der Waals surface area contributed by atoms with Crippen molar-refractivity contribution in [3.8, 4) is 0 Å². The van der Waals surface area contributed by atoms with E-state index in [1.165, 1.54) is 26.0 Å². The fourth-order valence-electron chi connectivity index (χ4n) is 2.31. The van der Waals surface area contributed by atoms with Crippen molar-refractivity contribution in [1.29, 1.82) is 0 Å². The van der Waals surface area contributed by atoms with Crippen molar-refractivity contribution in [3.63, 3.8) is 0 Å². The number of rotatable bonds is 2. The van der Waals surface area contributed by atoms with Crippen LogP contribution in [0.5, 0.6) is 0 Å². The maximum Gasteiger partial charge on any atom is 0.181 e. The van der Waals surface area contributed by atoms with Crippen LogP contribution in [0.15, 0.2) is 23.2 Å². The molecule has 0 aliphatic carbocycles. The second-order valence-corrected chi connectivity index (χ2v) is 4.73. The van der Waals surface area contributed by atoms with E-state index in [-0.39, 0.29) is 11.5 Å². The molecule has 1 aliphatic rings. The van der Waals surface area contributed by atoms with E-state index < -0.39 is 30.3 Å². The van der Waals surface area contributed by atoms with Gasteiger partial charge in [0.1, 0.15) is 18.0 Å². The lowest BCUT2D eigenvalue weighted by Crippen LogP contribution is -2.48. The second kappa shape index (κ2) is 4.75. The van der Waals surface area contributed by atoms with Gasteiger partial charge in [0, 0.05) is 18.2 Å². The van der Waals surface area contributed by atoms with E-state index >= 15 is 0 Å². The van der Waals surface area contributed by atoms with Crippen molar-refractivity contribution in [1.82, 2.24) is 0 Å². The molecule has 0 bridgehead atoms. The maximum atomic E-state index is 14.4. The Morgan fingerprint density at radius 2 is 2.16 bits per heavy atom. The molecule has 19 heavy (non-hydrogen) atoms. The second-order valence-electron chi connectivity index (χ2n) is 4.73. The number of hydrogen-bond acceptors (Lipinski definition) is 3. The van der Waals surface area contributed by atoms with Crippen LogP contribution < -0.4 is 5.73 Å². The Morgan fingerprint density at radius 1 is 1.47 bits per heavy atom. The predicted molar refractivity (Wildman–Crippen MR) is 67.0 cm³/mol. The highest BCUT2D eigenvalue weighted by Crippen LogP contribution is 2.39. The number of alkyl halides is 2. The van der Waals surface area contributed by atoms with E-state index in [9.17, 15) is 13.2 Å². The molecule has 2 rings (SSSR count). The van der Waals surface area contributed by atoms with Crippen LogP contribution in [0.2, 0.25) is 0 Å². The van der Waals surface area contributed by atoms with Crippen LogP contribution in [0, 0.1) is 5.82 Å². The topological polar surface area (TPSA) is 47.6 Å². The number of nitrogens with two attached hydrogens (primary N) is 1. The molecule has 1 aliphatic heterocycles. The minimum absolute atomic E-state index is 0.00102. The third kappa shape index (κ3) is 2.27. The fourth-order valence-corrected chi connectivity index (χ4v) is 2.31. The summed E-state index contributed by atoms with van der Waals surface area (Å²) in [5, 5.41) is 0. The Bertz CT molecular complexity index is 521. The first-order valence-corrected chi connectivity index (χ1v) is 5.87. The number of nitrogen functional groups attached to an aromatic ring is 1. The molecular weight excluding hydrogens is 257 g/mol. The first-order chi connectivity index (χ1) is 8.88. The minimum atomic E-state index is -1.79. The highest BCUT2D eigenvalue weighted by atomic mass is 19.1. The van der Waals surface area contributed by atoms with E-state index in [2.05, 4.69) is 4.99 Å². The Labute approximate surface area is 109 Å².